The second-order valence-electron chi connectivity index (χ2n) is 7.01. The lowest BCUT2D eigenvalue weighted by Crippen LogP contribution is -2.43. The van der Waals surface area contributed by atoms with Gasteiger partial charge < -0.3 is 19.7 Å². The van der Waals surface area contributed by atoms with Crippen LogP contribution in [-0.2, 0) is 0 Å². The molecule has 2 heterocycles. The zero-order valence-corrected chi connectivity index (χ0v) is 17.1. The molecular weight excluding hydrogens is 370 g/mol. The summed E-state index contributed by atoms with van der Waals surface area (Å²) in [6.45, 7) is 2.83. The summed E-state index contributed by atoms with van der Waals surface area (Å²) in [6.07, 6.45) is 5.57. The molecule has 1 N–H and O–H groups in total. The largest absolute Gasteiger partial charge is 0.497 e. The number of benzene rings is 1. The van der Waals surface area contributed by atoms with Crippen molar-refractivity contribution in [2.45, 2.75) is 38.6 Å². The van der Waals surface area contributed by atoms with Crippen LogP contribution in [0.1, 0.15) is 53.5 Å². The first kappa shape index (κ1) is 20.6. The number of ether oxygens (including phenoxy) is 2. The van der Waals surface area contributed by atoms with Crippen LogP contribution in [0.5, 0.6) is 11.5 Å². The van der Waals surface area contributed by atoms with Crippen molar-refractivity contribution in [2.24, 2.45) is 0 Å². The third kappa shape index (κ3) is 4.67. The summed E-state index contributed by atoms with van der Waals surface area (Å²) < 4.78 is 10.5. The second-order valence-corrected chi connectivity index (χ2v) is 7.01. The van der Waals surface area contributed by atoms with Crippen molar-refractivity contribution in [1.82, 2.24) is 9.88 Å². The molecule has 0 bridgehead atoms. The van der Waals surface area contributed by atoms with Crippen LogP contribution in [0.2, 0.25) is 0 Å². The summed E-state index contributed by atoms with van der Waals surface area (Å²) in [6, 6.07) is 8.52. The minimum Gasteiger partial charge on any atom is -0.497 e. The van der Waals surface area contributed by atoms with Crippen LogP contribution in [0.15, 0.2) is 36.5 Å². The summed E-state index contributed by atoms with van der Waals surface area (Å²) in [5.41, 5.74) is 1.18. The molecule has 1 aliphatic heterocycles. The van der Waals surface area contributed by atoms with Gasteiger partial charge in [-0.1, -0.05) is 6.92 Å². The molecule has 0 spiro atoms. The second kappa shape index (κ2) is 9.41. The normalized spacial score (nSPS) is 16.2. The van der Waals surface area contributed by atoms with Crippen molar-refractivity contribution in [2.75, 3.05) is 26.1 Å². The van der Waals surface area contributed by atoms with Crippen LogP contribution in [0.4, 0.5) is 5.69 Å². The minimum atomic E-state index is -0.337. The van der Waals surface area contributed by atoms with Crippen molar-refractivity contribution in [3.63, 3.8) is 0 Å². The Morgan fingerprint density at radius 1 is 1.17 bits per heavy atom. The first-order valence-corrected chi connectivity index (χ1v) is 9.87. The minimum absolute atomic E-state index is 0.117. The predicted octanol–water partition coefficient (Wildman–Crippen LogP) is 3.76. The lowest BCUT2D eigenvalue weighted by molar-refractivity contribution is 0.0602. The van der Waals surface area contributed by atoms with Gasteiger partial charge in [0.05, 0.1) is 19.9 Å². The number of nitrogens with zero attached hydrogens (tertiary/aromatic N) is 2. The Bertz CT molecular complexity index is 884. The summed E-state index contributed by atoms with van der Waals surface area (Å²) in [7, 11) is 3.09. The van der Waals surface area contributed by atoms with Gasteiger partial charge in [0.25, 0.3) is 11.8 Å². The topological polar surface area (TPSA) is 80.8 Å². The van der Waals surface area contributed by atoms with Gasteiger partial charge in [-0.3, -0.25) is 14.6 Å². The van der Waals surface area contributed by atoms with Gasteiger partial charge >= 0.3 is 0 Å². The fourth-order valence-corrected chi connectivity index (χ4v) is 3.62. The van der Waals surface area contributed by atoms with Gasteiger partial charge in [0.1, 0.15) is 17.2 Å². The molecule has 29 heavy (non-hydrogen) atoms. The van der Waals surface area contributed by atoms with E-state index in [4.69, 9.17) is 9.47 Å². The van der Waals surface area contributed by atoms with Crippen molar-refractivity contribution >= 4 is 17.5 Å². The number of rotatable bonds is 6. The Morgan fingerprint density at radius 3 is 2.72 bits per heavy atom. The average molecular weight is 397 g/mol. The summed E-state index contributed by atoms with van der Waals surface area (Å²) in [5, 5.41) is 2.82. The fraction of sp³-hybridized carbons (Fsp3) is 0.409. The van der Waals surface area contributed by atoms with Gasteiger partial charge in [-0.15, -0.1) is 0 Å². The van der Waals surface area contributed by atoms with Crippen LogP contribution >= 0.6 is 0 Å². The van der Waals surface area contributed by atoms with Crippen LogP contribution in [-0.4, -0.2) is 48.5 Å². The number of anilines is 1. The number of pyridine rings is 1. The van der Waals surface area contributed by atoms with Crippen LogP contribution in [0.3, 0.4) is 0 Å². The summed E-state index contributed by atoms with van der Waals surface area (Å²) in [4.78, 5) is 31.8. The molecule has 1 fully saturated rings. The summed E-state index contributed by atoms with van der Waals surface area (Å²) >= 11 is 0. The third-order valence-electron chi connectivity index (χ3n) is 5.26. The lowest BCUT2D eigenvalue weighted by atomic mass is 9.99. The zero-order chi connectivity index (χ0) is 20.8. The first-order chi connectivity index (χ1) is 14.1. The highest BCUT2D eigenvalue weighted by Gasteiger charge is 2.27. The molecule has 154 valence electrons. The zero-order valence-electron chi connectivity index (χ0n) is 17.1. The molecule has 1 aromatic heterocycles. The Morgan fingerprint density at radius 2 is 2.00 bits per heavy atom. The number of hydrogen-bond acceptors (Lipinski definition) is 5. The molecular formula is C22H27N3O4. The maximum Gasteiger partial charge on any atom is 0.272 e. The van der Waals surface area contributed by atoms with E-state index >= 15 is 0 Å². The number of nitrogens with one attached hydrogen (secondary N) is 1. The molecule has 2 amide bonds. The predicted molar refractivity (Wildman–Crippen MR) is 111 cm³/mol. The first-order valence-electron chi connectivity index (χ1n) is 9.87. The highest BCUT2D eigenvalue weighted by Crippen LogP contribution is 2.29. The van der Waals surface area contributed by atoms with Gasteiger partial charge in [-0.2, -0.15) is 0 Å². The lowest BCUT2D eigenvalue weighted by Gasteiger charge is -2.35. The van der Waals surface area contributed by atoms with Crippen molar-refractivity contribution in [1.29, 1.82) is 0 Å². The molecule has 1 aromatic carbocycles. The number of piperidine rings is 1. The number of methoxy groups -OCH3 is 2. The maximum absolute atomic E-state index is 13.0. The number of hydrogen-bond donors (Lipinski definition) is 1. The fourth-order valence-electron chi connectivity index (χ4n) is 3.62. The van der Waals surface area contributed by atoms with Crippen LogP contribution in [0.25, 0.3) is 0 Å². The van der Waals surface area contributed by atoms with E-state index in [1.807, 2.05) is 4.90 Å². The molecule has 7 heteroatoms. The molecule has 0 radical (unpaired) electrons. The van der Waals surface area contributed by atoms with Crippen molar-refractivity contribution in [3.05, 3.63) is 47.8 Å². The number of likely N-dealkylation sites (tertiary alicyclic amines) is 1. The van der Waals surface area contributed by atoms with E-state index < -0.39 is 0 Å². The van der Waals surface area contributed by atoms with Gasteiger partial charge in [-0.05, 0) is 49.9 Å². The maximum atomic E-state index is 13.0. The molecule has 0 aliphatic carbocycles. The molecule has 3 rings (SSSR count). The van der Waals surface area contributed by atoms with Gasteiger partial charge in [0, 0.05) is 30.4 Å². The standard InChI is InChI=1S/C22H27N3O4/c1-4-16-7-5-6-12-25(16)22(27)19-13-15(10-11-23-19)21(26)24-18-9-8-17(28-2)14-20(18)29-3/h8-11,13-14,16H,4-7,12H2,1-3H3,(H,24,26). The molecule has 0 saturated carbocycles. The number of carbonyl (C=O) groups excluding carboxylic acids is 2. The highest BCUT2D eigenvalue weighted by molar-refractivity contribution is 6.06. The smallest absolute Gasteiger partial charge is 0.272 e. The molecule has 1 aliphatic rings. The van der Waals surface area contributed by atoms with Gasteiger partial charge in [-0.25, -0.2) is 0 Å². The number of carbonyl (C=O) groups is 2. The molecule has 2 aromatic rings. The SMILES string of the molecule is CCC1CCCCN1C(=O)c1cc(C(=O)Nc2ccc(OC)cc2OC)ccn1. The van der Waals surface area contributed by atoms with Gasteiger partial charge in [0.2, 0.25) is 0 Å². The van der Waals surface area contributed by atoms with E-state index in [-0.39, 0.29) is 17.9 Å². The monoisotopic (exact) mass is 397 g/mol. The Balaban J connectivity index is 1.78. The quantitative estimate of drug-likeness (QED) is 0.803. The van der Waals surface area contributed by atoms with E-state index in [1.165, 1.54) is 13.3 Å². The van der Waals surface area contributed by atoms with Crippen molar-refractivity contribution in [3.8, 4) is 11.5 Å². The van der Waals surface area contributed by atoms with Crippen LogP contribution in [0, 0.1) is 0 Å². The Kier molecular flexibility index (Phi) is 6.69. The molecule has 1 saturated heterocycles. The third-order valence-corrected chi connectivity index (χ3v) is 5.26. The van der Waals surface area contributed by atoms with Crippen LogP contribution < -0.4 is 14.8 Å². The van der Waals surface area contributed by atoms with E-state index in [0.29, 0.717) is 28.4 Å². The van der Waals surface area contributed by atoms with E-state index in [9.17, 15) is 9.59 Å². The van der Waals surface area contributed by atoms with Gasteiger partial charge in [0.15, 0.2) is 0 Å². The Hall–Kier alpha value is -3.09. The number of amides is 2. The van der Waals surface area contributed by atoms with Crippen molar-refractivity contribution < 1.29 is 19.1 Å². The van der Waals surface area contributed by atoms with E-state index in [0.717, 1.165) is 32.2 Å². The molecule has 1 atom stereocenters. The summed E-state index contributed by atoms with van der Waals surface area (Å²) in [5.74, 6) is 0.662. The highest BCUT2D eigenvalue weighted by atomic mass is 16.5. The molecule has 1 unspecified atom stereocenters. The number of aromatic nitrogens is 1. The Labute approximate surface area is 171 Å². The average Bonchev–Trinajstić information content (AvgIpc) is 2.78. The van der Waals surface area contributed by atoms with E-state index in [1.54, 1.807) is 37.4 Å². The van der Waals surface area contributed by atoms with E-state index in [2.05, 4.69) is 17.2 Å². The molecule has 7 nitrogen and oxygen atoms in total.